The molecule has 0 aromatic carbocycles. The molecule has 2 saturated heterocycles. The Hall–Kier alpha value is 0.0899. The van der Waals surface area contributed by atoms with Crippen LogP contribution >= 0.6 is 15.6 Å². The second kappa shape index (κ2) is 9.49. The minimum Gasteiger partial charge on any atom is -0.394 e. The van der Waals surface area contributed by atoms with Crippen molar-refractivity contribution in [2.24, 2.45) is 0 Å². The van der Waals surface area contributed by atoms with E-state index in [-0.39, 0.29) is 0 Å². The molecule has 0 aromatic heterocycles. The van der Waals surface area contributed by atoms with Crippen molar-refractivity contribution in [3.05, 3.63) is 0 Å². The lowest BCUT2D eigenvalue weighted by molar-refractivity contribution is -0.0283. The third kappa shape index (κ3) is 5.83. The highest BCUT2D eigenvalue weighted by molar-refractivity contribution is 7.47. The molecule has 2 aliphatic heterocycles. The van der Waals surface area contributed by atoms with Gasteiger partial charge in [0.05, 0.1) is 25.2 Å². The van der Waals surface area contributed by atoms with Gasteiger partial charge in [0.25, 0.3) is 0 Å². The van der Waals surface area contributed by atoms with Crippen LogP contribution in [0.3, 0.4) is 0 Å². The van der Waals surface area contributed by atoms with Crippen LogP contribution in [0, 0.1) is 0 Å². The van der Waals surface area contributed by atoms with Gasteiger partial charge in [-0.25, -0.2) is 17.9 Å². The Bertz CT molecular complexity index is 633. The van der Waals surface area contributed by atoms with E-state index < -0.39 is 77.6 Å². The van der Waals surface area contributed by atoms with Crippen LogP contribution in [-0.4, -0.2) is 99.7 Å². The zero-order valence-corrected chi connectivity index (χ0v) is 16.2. The smallest absolute Gasteiger partial charge is 0.394 e. The van der Waals surface area contributed by atoms with Crippen LogP contribution in [0.15, 0.2) is 0 Å². The summed E-state index contributed by atoms with van der Waals surface area (Å²) in [5, 5.41) is 9.10. The minimum atomic E-state index is -4.98. The van der Waals surface area contributed by atoms with Crippen molar-refractivity contribution in [1.29, 1.82) is 0 Å². The lowest BCUT2D eigenvalue weighted by Gasteiger charge is -2.24. The first-order valence-electron chi connectivity index (χ1n) is 7.84. The van der Waals surface area contributed by atoms with Gasteiger partial charge in [-0.3, -0.25) is 18.1 Å². The van der Waals surface area contributed by atoms with Gasteiger partial charge in [0.1, 0.15) is 52.5 Å². The highest BCUT2D eigenvalue weighted by atomic mass is 31.2. The van der Waals surface area contributed by atoms with Gasteiger partial charge >= 0.3 is 15.6 Å². The molecule has 4 unspecified atom stereocenters. The monoisotopic (exact) mass is 448 g/mol. The number of phosphoric acid groups is 2. The molecule has 0 amide bonds. The van der Waals surface area contributed by atoms with Crippen molar-refractivity contribution < 1.29 is 60.4 Å². The first kappa shape index (κ1) is 24.4. The van der Waals surface area contributed by atoms with Crippen molar-refractivity contribution in [3.63, 3.8) is 0 Å². The van der Waals surface area contributed by atoms with Gasteiger partial charge in [-0.1, -0.05) is 0 Å². The lowest BCUT2D eigenvalue weighted by atomic mass is 9.94. The fourth-order valence-electron chi connectivity index (χ4n) is 2.57. The summed E-state index contributed by atoms with van der Waals surface area (Å²) in [6.45, 7) is -1.63. The zero-order chi connectivity index (χ0) is 21.3. The predicted molar refractivity (Wildman–Crippen MR) is 88.1 cm³/mol. The van der Waals surface area contributed by atoms with Crippen LogP contribution in [0.1, 0.15) is 0 Å². The minimum absolute atomic E-state index is 0.748. The number of alkyl halides is 2. The Balaban J connectivity index is 2.00. The van der Waals surface area contributed by atoms with Gasteiger partial charge in [-0.15, -0.1) is 0 Å². The Morgan fingerprint density at radius 3 is 1.93 bits per heavy atom. The standard InChI is InChI=1S/C11H18B2F2O11P2/c1-21-27(17,18)25-9-5(24-11(13)7(9)15)3-22-28(19,20)26-8-4(2-16)23-10(12)6(8)14/h4-11,16H,2-3H2,1H3,(H,17,18)(H,19,20)/t4-,5-,6?,7?,8+,9+,10-,11-/m1/s1. The molecule has 3 N–H and O–H groups in total. The molecule has 0 aromatic rings. The van der Waals surface area contributed by atoms with Gasteiger partial charge in [-0.05, 0) is 0 Å². The van der Waals surface area contributed by atoms with E-state index in [1.54, 1.807) is 0 Å². The van der Waals surface area contributed by atoms with Gasteiger partial charge in [0.15, 0.2) is 0 Å². The zero-order valence-electron chi connectivity index (χ0n) is 14.4. The number of aliphatic hydroxyl groups is 1. The third-order valence-corrected chi connectivity index (χ3v) is 5.93. The number of phosphoric ester groups is 2. The summed E-state index contributed by atoms with van der Waals surface area (Å²) < 4.78 is 79.4. The molecule has 2 fully saturated rings. The summed E-state index contributed by atoms with van der Waals surface area (Å²) in [6, 6.07) is -3.07. The van der Waals surface area contributed by atoms with Gasteiger partial charge < -0.3 is 24.4 Å². The topological polar surface area (TPSA) is 150 Å². The quantitative estimate of drug-likeness (QED) is 0.297. The van der Waals surface area contributed by atoms with Crippen molar-refractivity contribution in [2.45, 2.75) is 48.8 Å². The Labute approximate surface area is 161 Å². The number of ether oxygens (including phenoxy) is 2. The van der Waals surface area contributed by atoms with E-state index in [0.29, 0.717) is 0 Å². The van der Waals surface area contributed by atoms with Crippen molar-refractivity contribution in [2.75, 3.05) is 20.3 Å². The number of aliphatic hydroxyl groups excluding tert-OH is 1. The van der Waals surface area contributed by atoms with Gasteiger partial charge in [0.2, 0.25) is 0 Å². The van der Waals surface area contributed by atoms with Gasteiger partial charge in [-0.2, -0.15) is 0 Å². The molecule has 0 aliphatic carbocycles. The summed E-state index contributed by atoms with van der Waals surface area (Å²) in [5.74, 6) is 0. The molecule has 4 radical (unpaired) electrons. The molecular formula is C11H18B2F2O11P2. The average molecular weight is 448 g/mol. The van der Waals surface area contributed by atoms with Crippen LogP contribution in [0.4, 0.5) is 8.78 Å². The largest absolute Gasteiger partial charge is 0.472 e. The van der Waals surface area contributed by atoms with Crippen LogP contribution in [0.2, 0.25) is 0 Å². The number of halogens is 2. The molecule has 2 heterocycles. The molecule has 0 bridgehead atoms. The van der Waals surface area contributed by atoms with Crippen LogP contribution in [-0.2, 0) is 36.7 Å². The van der Waals surface area contributed by atoms with E-state index in [9.17, 15) is 27.7 Å². The van der Waals surface area contributed by atoms with E-state index in [4.69, 9.17) is 30.3 Å². The molecule has 158 valence electrons. The average Bonchev–Trinajstić information content (AvgIpc) is 3.04. The van der Waals surface area contributed by atoms with Crippen LogP contribution in [0.5, 0.6) is 0 Å². The SMILES string of the molecule is [B][C@@H]1O[C@H](COP(=O)(O)O[C@@H]2C(F)[C@H]([B])O[C@@H]2CO)[C@H](OP(=O)(O)OC)C1F. The van der Waals surface area contributed by atoms with E-state index >= 15 is 0 Å². The number of rotatable bonds is 9. The first-order valence-corrected chi connectivity index (χ1v) is 10.8. The second-order valence-corrected chi connectivity index (χ2v) is 8.82. The van der Waals surface area contributed by atoms with E-state index in [1.807, 2.05) is 0 Å². The summed E-state index contributed by atoms with van der Waals surface area (Å²) in [7, 11) is 1.85. The first-order chi connectivity index (χ1) is 12.9. The van der Waals surface area contributed by atoms with Gasteiger partial charge in [0, 0.05) is 7.11 Å². The molecule has 0 spiro atoms. The highest BCUT2D eigenvalue weighted by Gasteiger charge is 2.49. The molecule has 2 rings (SSSR count). The van der Waals surface area contributed by atoms with E-state index in [0.717, 1.165) is 7.11 Å². The molecule has 11 nitrogen and oxygen atoms in total. The Morgan fingerprint density at radius 1 is 0.964 bits per heavy atom. The van der Waals surface area contributed by atoms with Crippen molar-refractivity contribution >= 4 is 31.3 Å². The van der Waals surface area contributed by atoms with Crippen molar-refractivity contribution in [3.8, 4) is 0 Å². The number of hydrogen-bond acceptors (Lipinski definition) is 9. The van der Waals surface area contributed by atoms with Crippen LogP contribution in [0.25, 0.3) is 0 Å². The molecule has 10 atom stereocenters. The fourth-order valence-corrected chi connectivity index (χ4v) is 4.18. The normalized spacial score (nSPS) is 42.9. The summed E-state index contributed by atoms with van der Waals surface area (Å²) in [6.07, 6.45) is -10.4. The summed E-state index contributed by atoms with van der Waals surface area (Å²) in [5.41, 5.74) is 0. The van der Waals surface area contributed by atoms with E-state index in [2.05, 4.69) is 18.1 Å². The fraction of sp³-hybridized carbons (Fsp3) is 1.00. The molecular weight excluding hydrogens is 430 g/mol. The number of hydrogen-bond donors (Lipinski definition) is 3. The van der Waals surface area contributed by atoms with Crippen LogP contribution < -0.4 is 0 Å². The molecule has 0 saturated carbocycles. The molecule has 17 heteroatoms. The maximum atomic E-state index is 14.0. The molecule has 28 heavy (non-hydrogen) atoms. The Morgan fingerprint density at radius 2 is 1.43 bits per heavy atom. The second-order valence-electron chi connectivity index (χ2n) is 5.91. The van der Waals surface area contributed by atoms with E-state index in [1.165, 1.54) is 0 Å². The van der Waals surface area contributed by atoms with Crippen molar-refractivity contribution in [1.82, 2.24) is 0 Å². The predicted octanol–water partition coefficient (Wildman–Crippen LogP) is -0.924. The summed E-state index contributed by atoms with van der Waals surface area (Å²) >= 11 is 0. The third-order valence-electron chi connectivity index (χ3n) is 3.97. The highest BCUT2D eigenvalue weighted by Crippen LogP contribution is 2.50. The molecule has 2 aliphatic rings. The lowest BCUT2D eigenvalue weighted by Crippen LogP contribution is -2.35. The maximum Gasteiger partial charge on any atom is 0.472 e. The summed E-state index contributed by atoms with van der Waals surface area (Å²) in [4.78, 5) is 19.1. The Kier molecular flexibility index (Phi) is 8.25. The maximum absolute atomic E-state index is 14.0.